The Morgan fingerprint density at radius 1 is 1.36 bits per heavy atom. The van der Waals surface area contributed by atoms with Crippen LogP contribution in [0, 0.1) is 0 Å². The number of likely N-dealkylation sites (tertiary alicyclic amines) is 1. The lowest BCUT2D eigenvalue weighted by Crippen LogP contribution is -2.51. The largest absolute Gasteiger partial charge is 0.375 e. The number of rotatable bonds is 6. The van der Waals surface area contributed by atoms with Crippen molar-refractivity contribution in [2.75, 3.05) is 40.3 Å². The van der Waals surface area contributed by atoms with Gasteiger partial charge in [0, 0.05) is 25.7 Å². The third kappa shape index (κ3) is 5.31. The number of urea groups is 1. The van der Waals surface area contributed by atoms with Gasteiger partial charge < -0.3 is 19.9 Å². The molecule has 0 unspecified atom stereocenters. The van der Waals surface area contributed by atoms with E-state index in [0.29, 0.717) is 25.8 Å². The number of carbonyl (C=O) groups excluding carboxylic acids is 1. The molecular weight excluding hydrogens is 278 g/mol. The van der Waals surface area contributed by atoms with Crippen LogP contribution >= 0.6 is 0 Å². The van der Waals surface area contributed by atoms with Gasteiger partial charge in [-0.05, 0) is 32.5 Å². The predicted octanol–water partition coefficient (Wildman–Crippen LogP) is 1.94. The number of hydrogen-bond acceptors (Lipinski definition) is 3. The molecule has 1 aliphatic heterocycles. The number of piperidine rings is 1. The molecule has 5 nitrogen and oxygen atoms in total. The second kappa shape index (κ2) is 8.76. The summed E-state index contributed by atoms with van der Waals surface area (Å²) < 4.78 is 5.58. The lowest BCUT2D eigenvalue weighted by molar-refractivity contribution is 0.115. The molecule has 5 heteroatoms. The van der Waals surface area contributed by atoms with Crippen LogP contribution in [0.5, 0.6) is 0 Å². The summed E-state index contributed by atoms with van der Waals surface area (Å²) in [4.78, 5) is 16.2. The van der Waals surface area contributed by atoms with Crippen LogP contribution in [0.4, 0.5) is 4.79 Å². The van der Waals surface area contributed by atoms with Crippen LogP contribution in [0.2, 0.25) is 0 Å². The molecule has 22 heavy (non-hydrogen) atoms. The lowest BCUT2D eigenvalue weighted by Gasteiger charge is -2.36. The first-order valence-electron chi connectivity index (χ1n) is 7.97. The van der Waals surface area contributed by atoms with Gasteiger partial charge in [-0.15, -0.1) is 0 Å². The van der Waals surface area contributed by atoms with E-state index in [1.807, 2.05) is 35.2 Å². The van der Waals surface area contributed by atoms with Crippen molar-refractivity contribution in [2.24, 2.45) is 0 Å². The van der Waals surface area contributed by atoms with Gasteiger partial charge in [-0.25, -0.2) is 4.79 Å². The van der Waals surface area contributed by atoms with Crippen LogP contribution in [-0.2, 0) is 11.3 Å². The van der Waals surface area contributed by atoms with Gasteiger partial charge in [-0.2, -0.15) is 0 Å². The minimum Gasteiger partial charge on any atom is -0.375 e. The Labute approximate surface area is 133 Å². The highest BCUT2D eigenvalue weighted by Gasteiger charge is 2.24. The monoisotopic (exact) mass is 305 g/mol. The van der Waals surface area contributed by atoms with Gasteiger partial charge >= 0.3 is 6.03 Å². The molecule has 1 aliphatic rings. The molecule has 1 saturated heterocycles. The molecule has 0 saturated carbocycles. The fourth-order valence-electron chi connectivity index (χ4n) is 2.67. The van der Waals surface area contributed by atoms with E-state index in [1.165, 1.54) is 0 Å². The van der Waals surface area contributed by atoms with E-state index in [1.54, 1.807) is 0 Å². The second-order valence-electron chi connectivity index (χ2n) is 5.98. The van der Waals surface area contributed by atoms with Crippen molar-refractivity contribution in [2.45, 2.75) is 25.5 Å². The fraction of sp³-hybridized carbons (Fsp3) is 0.588. The summed E-state index contributed by atoms with van der Waals surface area (Å²) in [5.74, 6) is 0. The number of benzene rings is 1. The standard InChI is InChI=1S/C17H27N3O2/c1-19(2)16-9-6-11-20(13-16)17(21)18-10-12-22-14-15-7-4-3-5-8-15/h3-5,7-8,16H,6,9-14H2,1-2H3,(H,18,21)/t16-/m0/s1. The topological polar surface area (TPSA) is 44.8 Å². The maximum absolute atomic E-state index is 12.1. The van der Waals surface area contributed by atoms with Gasteiger partial charge in [0.15, 0.2) is 0 Å². The first-order valence-corrected chi connectivity index (χ1v) is 7.97. The highest BCUT2D eigenvalue weighted by Crippen LogP contribution is 2.13. The van der Waals surface area contributed by atoms with Crippen LogP contribution in [0.1, 0.15) is 18.4 Å². The van der Waals surface area contributed by atoms with Crippen molar-refractivity contribution in [1.29, 1.82) is 0 Å². The van der Waals surface area contributed by atoms with E-state index >= 15 is 0 Å². The summed E-state index contributed by atoms with van der Waals surface area (Å²) in [6, 6.07) is 10.5. The first kappa shape index (κ1) is 16.8. The molecular formula is C17H27N3O2. The second-order valence-corrected chi connectivity index (χ2v) is 5.98. The SMILES string of the molecule is CN(C)[C@H]1CCCN(C(=O)NCCOCc2ccccc2)C1. The number of nitrogens with one attached hydrogen (secondary N) is 1. The van der Waals surface area contributed by atoms with Crippen LogP contribution in [0.25, 0.3) is 0 Å². The van der Waals surface area contributed by atoms with Crippen molar-refractivity contribution in [3.63, 3.8) is 0 Å². The molecule has 1 fully saturated rings. The van der Waals surface area contributed by atoms with Crippen molar-refractivity contribution >= 4 is 6.03 Å². The molecule has 0 spiro atoms. The normalized spacial score (nSPS) is 18.5. The lowest BCUT2D eigenvalue weighted by atomic mass is 10.1. The van der Waals surface area contributed by atoms with Gasteiger partial charge in [-0.3, -0.25) is 0 Å². The molecule has 1 atom stereocenters. The first-order chi connectivity index (χ1) is 10.7. The molecule has 1 heterocycles. The smallest absolute Gasteiger partial charge is 0.317 e. The van der Waals surface area contributed by atoms with Crippen molar-refractivity contribution in [1.82, 2.24) is 15.1 Å². The fourth-order valence-corrected chi connectivity index (χ4v) is 2.67. The summed E-state index contributed by atoms with van der Waals surface area (Å²) >= 11 is 0. The Morgan fingerprint density at radius 2 is 2.14 bits per heavy atom. The number of carbonyl (C=O) groups is 1. The van der Waals surface area contributed by atoms with E-state index in [0.717, 1.165) is 31.5 Å². The van der Waals surface area contributed by atoms with Crippen LogP contribution in [-0.4, -0.2) is 62.2 Å². The van der Waals surface area contributed by atoms with Gasteiger partial charge in [0.2, 0.25) is 0 Å². The van der Waals surface area contributed by atoms with E-state index < -0.39 is 0 Å². The highest BCUT2D eigenvalue weighted by atomic mass is 16.5. The van der Waals surface area contributed by atoms with Gasteiger partial charge in [0.25, 0.3) is 0 Å². The van der Waals surface area contributed by atoms with Crippen molar-refractivity contribution in [3.05, 3.63) is 35.9 Å². The zero-order valence-electron chi connectivity index (χ0n) is 13.6. The number of likely N-dealkylation sites (N-methyl/N-ethyl adjacent to an activating group) is 1. The number of hydrogen-bond donors (Lipinski definition) is 1. The van der Waals surface area contributed by atoms with Gasteiger partial charge in [0.1, 0.15) is 0 Å². The molecule has 1 N–H and O–H groups in total. The third-order valence-corrected chi connectivity index (χ3v) is 4.05. The molecule has 1 aromatic rings. The Bertz CT molecular complexity index is 450. The minimum absolute atomic E-state index is 0.0230. The van der Waals surface area contributed by atoms with Crippen LogP contribution < -0.4 is 5.32 Å². The zero-order valence-corrected chi connectivity index (χ0v) is 13.6. The summed E-state index contributed by atoms with van der Waals surface area (Å²) in [6.07, 6.45) is 2.23. The quantitative estimate of drug-likeness (QED) is 0.817. The zero-order chi connectivity index (χ0) is 15.8. The average Bonchev–Trinajstić information content (AvgIpc) is 2.55. The Morgan fingerprint density at radius 3 is 2.86 bits per heavy atom. The van der Waals surface area contributed by atoms with Gasteiger partial charge in [-0.1, -0.05) is 30.3 Å². The molecule has 0 bridgehead atoms. The maximum Gasteiger partial charge on any atom is 0.317 e. The predicted molar refractivity (Wildman–Crippen MR) is 87.8 cm³/mol. The summed E-state index contributed by atoms with van der Waals surface area (Å²) in [5.41, 5.74) is 1.15. The summed E-state index contributed by atoms with van der Waals surface area (Å²) in [7, 11) is 4.15. The molecule has 0 aliphatic carbocycles. The molecule has 0 aromatic heterocycles. The number of amides is 2. The van der Waals surface area contributed by atoms with E-state index in [9.17, 15) is 4.79 Å². The van der Waals surface area contributed by atoms with Crippen molar-refractivity contribution in [3.8, 4) is 0 Å². The minimum atomic E-state index is 0.0230. The Balaban J connectivity index is 1.61. The average molecular weight is 305 g/mol. The third-order valence-electron chi connectivity index (χ3n) is 4.05. The van der Waals surface area contributed by atoms with E-state index in [-0.39, 0.29) is 6.03 Å². The molecule has 0 radical (unpaired) electrons. The molecule has 2 rings (SSSR count). The Hall–Kier alpha value is -1.59. The number of ether oxygens (including phenoxy) is 1. The van der Waals surface area contributed by atoms with Gasteiger partial charge in [0.05, 0.1) is 13.2 Å². The van der Waals surface area contributed by atoms with Crippen LogP contribution in [0.15, 0.2) is 30.3 Å². The maximum atomic E-state index is 12.1. The number of nitrogens with zero attached hydrogens (tertiary/aromatic N) is 2. The van der Waals surface area contributed by atoms with Crippen molar-refractivity contribution < 1.29 is 9.53 Å². The van der Waals surface area contributed by atoms with E-state index in [4.69, 9.17) is 4.74 Å². The molecule has 122 valence electrons. The van der Waals surface area contributed by atoms with E-state index in [2.05, 4.69) is 24.3 Å². The summed E-state index contributed by atoms with van der Waals surface area (Å²) in [5, 5.41) is 2.94. The highest BCUT2D eigenvalue weighted by molar-refractivity contribution is 5.74. The Kier molecular flexibility index (Phi) is 6.68. The molecule has 1 aromatic carbocycles. The van der Waals surface area contributed by atoms with Crippen LogP contribution in [0.3, 0.4) is 0 Å². The summed E-state index contributed by atoms with van der Waals surface area (Å²) in [6.45, 7) is 3.33. The molecule has 2 amide bonds.